The van der Waals surface area contributed by atoms with Crippen molar-refractivity contribution in [2.24, 2.45) is 0 Å². The van der Waals surface area contributed by atoms with E-state index in [2.05, 4.69) is 51.4 Å². The van der Waals surface area contributed by atoms with Crippen molar-refractivity contribution >= 4 is 39.1 Å². The van der Waals surface area contributed by atoms with Gasteiger partial charge in [0.1, 0.15) is 11.4 Å². The molecule has 3 heterocycles. The first-order valence-electron chi connectivity index (χ1n) is 9.51. The third-order valence-corrected chi connectivity index (χ3v) is 5.39. The highest BCUT2D eigenvalue weighted by Crippen LogP contribution is 2.29. The number of likely N-dealkylation sites (N-methyl/N-ethyl adjacent to an activating group) is 1. The third-order valence-electron chi connectivity index (χ3n) is 5.39. The van der Waals surface area contributed by atoms with Crippen LogP contribution >= 0.6 is 0 Å². The maximum Gasteiger partial charge on any atom is 0.182 e. The number of anilines is 3. The normalized spacial score (nSPS) is 15.4. The fourth-order valence-electron chi connectivity index (χ4n) is 3.75. The third kappa shape index (κ3) is 3.12. The Kier molecular flexibility index (Phi) is 4.06. The average Bonchev–Trinajstić information content (AvgIpc) is 3.06. The van der Waals surface area contributed by atoms with E-state index in [1.807, 2.05) is 18.3 Å². The van der Waals surface area contributed by atoms with E-state index >= 15 is 0 Å². The van der Waals surface area contributed by atoms with Crippen LogP contribution in [0.3, 0.4) is 0 Å². The van der Waals surface area contributed by atoms with Gasteiger partial charge < -0.3 is 24.5 Å². The van der Waals surface area contributed by atoms with E-state index in [1.54, 1.807) is 6.07 Å². The Balaban J connectivity index is 1.39. The number of aromatic nitrogens is 1. The molecule has 0 radical (unpaired) electrons. The Morgan fingerprint density at radius 1 is 0.929 bits per heavy atom. The van der Waals surface area contributed by atoms with Gasteiger partial charge in [-0.3, -0.25) is 4.79 Å². The summed E-state index contributed by atoms with van der Waals surface area (Å²) in [4.78, 5) is 19.5. The Morgan fingerprint density at radius 3 is 2.50 bits per heavy atom. The molecule has 142 valence electrons. The monoisotopic (exact) mass is 374 g/mol. The van der Waals surface area contributed by atoms with E-state index in [0.717, 1.165) is 54.0 Å². The second-order valence-electron chi connectivity index (χ2n) is 7.35. The van der Waals surface area contributed by atoms with E-state index in [1.165, 1.54) is 11.8 Å². The minimum Gasteiger partial charge on any atom is -0.454 e. The second-order valence-corrected chi connectivity index (χ2v) is 7.35. The standard InChI is InChI=1S/C22H22N4O2/c1-25-8-10-26(11-9-25)16-4-2-15(3-5-16)24-22-13-19-18-7-6-17(27)12-20(18)28-21(19)14-23-22/h2-7,12-14,23-24H,8-11H2,1H3. The molecule has 0 bridgehead atoms. The zero-order valence-electron chi connectivity index (χ0n) is 15.7. The molecule has 1 saturated heterocycles. The number of fused-ring (bicyclic) bond motifs is 3. The van der Waals surface area contributed by atoms with Crippen molar-refractivity contribution in [1.29, 1.82) is 0 Å². The summed E-state index contributed by atoms with van der Waals surface area (Å²) in [5.41, 5.74) is 3.57. The van der Waals surface area contributed by atoms with Crippen molar-refractivity contribution in [3.63, 3.8) is 0 Å². The lowest BCUT2D eigenvalue weighted by atomic mass is 10.2. The molecule has 4 aromatic rings. The highest BCUT2D eigenvalue weighted by atomic mass is 16.3. The fraction of sp³-hybridized carbons (Fsp3) is 0.227. The molecule has 0 amide bonds. The van der Waals surface area contributed by atoms with Crippen molar-refractivity contribution in [2.75, 3.05) is 43.4 Å². The van der Waals surface area contributed by atoms with E-state index in [0.29, 0.717) is 5.58 Å². The smallest absolute Gasteiger partial charge is 0.182 e. The van der Waals surface area contributed by atoms with Gasteiger partial charge >= 0.3 is 0 Å². The Hall–Kier alpha value is -3.25. The number of furan rings is 1. The number of hydrogen-bond acceptors (Lipinski definition) is 5. The predicted molar refractivity (Wildman–Crippen MR) is 114 cm³/mol. The first-order chi connectivity index (χ1) is 13.7. The lowest BCUT2D eigenvalue weighted by molar-refractivity contribution is 0.313. The van der Waals surface area contributed by atoms with Gasteiger partial charge in [0.05, 0.1) is 0 Å². The number of rotatable bonds is 3. The Morgan fingerprint density at radius 2 is 1.71 bits per heavy atom. The molecule has 5 rings (SSSR count). The van der Waals surface area contributed by atoms with Crippen molar-refractivity contribution in [1.82, 2.24) is 9.88 Å². The van der Waals surface area contributed by atoms with Crippen LogP contribution in [0, 0.1) is 0 Å². The molecule has 0 spiro atoms. The van der Waals surface area contributed by atoms with Gasteiger partial charge in [-0.15, -0.1) is 0 Å². The van der Waals surface area contributed by atoms with Crippen LogP contribution in [0.4, 0.5) is 17.2 Å². The van der Waals surface area contributed by atoms with Gasteiger partial charge in [-0.1, -0.05) is 0 Å². The van der Waals surface area contributed by atoms with Crippen LogP contribution in [-0.4, -0.2) is 43.1 Å². The zero-order valence-corrected chi connectivity index (χ0v) is 15.7. The molecule has 0 unspecified atom stereocenters. The largest absolute Gasteiger partial charge is 0.454 e. The number of benzene rings is 2. The summed E-state index contributed by atoms with van der Waals surface area (Å²) in [5.74, 6) is 0.869. The van der Waals surface area contributed by atoms with Crippen LogP contribution in [0.1, 0.15) is 0 Å². The minimum absolute atomic E-state index is 0.0469. The highest BCUT2D eigenvalue weighted by Gasteiger charge is 2.14. The van der Waals surface area contributed by atoms with Crippen LogP contribution in [0.2, 0.25) is 0 Å². The Labute approximate surface area is 162 Å². The molecule has 2 N–H and O–H groups in total. The quantitative estimate of drug-likeness (QED) is 0.572. The van der Waals surface area contributed by atoms with Crippen molar-refractivity contribution < 1.29 is 4.42 Å². The molecule has 0 atom stereocenters. The van der Waals surface area contributed by atoms with Crippen LogP contribution < -0.4 is 15.6 Å². The van der Waals surface area contributed by atoms with Gasteiger partial charge in [0.2, 0.25) is 0 Å². The van der Waals surface area contributed by atoms with Gasteiger partial charge in [-0.05, 0) is 49.5 Å². The van der Waals surface area contributed by atoms with Crippen molar-refractivity contribution in [2.45, 2.75) is 0 Å². The molecule has 2 aromatic carbocycles. The maximum atomic E-state index is 11.5. The zero-order chi connectivity index (χ0) is 19.1. The number of nitrogens with one attached hydrogen (secondary N) is 2. The van der Waals surface area contributed by atoms with Crippen LogP contribution in [-0.2, 0) is 0 Å². The molecular formula is C22H22N4O2. The van der Waals surface area contributed by atoms with Crippen LogP contribution in [0.25, 0.3) is 21.9 Å². The molecular weight excluding hydrogens is 352 g/mol. The average molecular weight is 374 g/mol. The lowest BCUT2D eigenvalue weighted by Gasteiger charge is -2.34. The van der Waals surface area contributed by atoms with Gasteiger partial charge in [-0.2, -0.15) is 0 Å². The molecule has 1 fully saturated rings. The summed E-state index contributed by atoms with van der Waals surface area (Å²) in [6, 6.07) is 15.5. The summed E-state index contributed by atoms with van der Waals surface area (Å²) in [6.45, 7) is 4.32. The second kappa shape index (κ2) is 6.73. The summed E-state index contributed by atoms with van der Waals surface area (Å²) in [6.07, 6.45) is 1.82. The summed E-state index contributed by atoms with van der Waals surface area (Å²) in [7, 11) is 2.17. The lowest BCUT2D eigenvalue weighted by Crippen LogP contribution is -2.44. The van der Waals surface area contributed by atoms with Crippen molar-refractivity contribution in [3.05, 3.63) is 65.0 Å². The van der Waals surface area contributed by atoms with Crippen molar-refractivity contribution in [3.8, 4) is 0 Å². The topological polar surface area (TPSA) is 64.5 Å². The molecule has 1 aliphatic rings. The number of hydrogen-bond donors (Lipinski definition) is 2. The first-order valence-corrected chi connectivity index (χ1v) is 9.51. The van der Waals surface area contributed by atoms with Gasteiger partial charge in [-0.25, -0.2) is 0 Å². The summed E-state index contributed by atoms with van der Waals surface area (Å²) >= 11 is 0. The summed E-state index contributed by atoms with van der Waals surface area (Å²) in [5, 5.41) is 5.33. The number of pyridine rings is 1. The number of nitrogens with zero attached hydrogens (tertiary/aromatic N) is 2. The van der Waals surface area contributed by atoms with E-state index in [9.17, 15) is 4.79 Å². The SMILES string of the molecule is CN1CCN(c2ccc(Nc3cc4c(c[nH]3)oc3cc(=O)ccc34)cc2)CC1. The van der Waals surface area contributed by atoms with E-state index in [4.69, 9.17) is 4.42 Å². The molecule has 0 saturated carbocycles. The summed E-state index contributed by atoms with van der Waals surface area (Å²) < 4.78 is 5.76. The molecule has 2 aromatic heterocycles. The molecule has 0 aliphatic carbocycles. The highest BCUT2D eigenvalue weighted by molar-refractivity contribution is 6.05. The fourth-order valence-corrected chi connectivity index (χ4v) is 3.75. The Bertz CT molecular complexity index is 1180. The first kappa shape index (κ1) is 16.9. The molecule has 6 heteroatoms. The number of H-pyrrole nitrogens is 1. The van der Waals surface area contributed by atoms with E-state index < -0.39 is 0 Å². The molecule has 6 nitrogen and oxygen atoms in total. The maximum absolute atomic E-state index is 11.5. The van der Waals surface area contributed by atoms with Gasteiger partial charge in [0.25, 0.3) is 0 Å². The number of piperazine rings is 1. The van der Waals surface area contributed by atoms with Crippen LogP contribution in [0.15, 0.2) is 63.9 Å². The van der Waals surface area contributed by atoms with Gasteiger partial charge in [0.15, 0.2) is 11.0 Å². The van der Waals surface area contributed by atoms with E-state index in [-0.39, 0.29) is 5.43 Å². The minimum atomic E-state index is -0.0469. The number of aromatic amines is 1. The van der Waals surface area contributed by atoms with Gasteiger partial charge in [0, 0.05) is 60.6 Å². The van der Waals surface area contributed by atoms with Crippen LogP contribution in [0.5, 0.6) is 0 Å². The molecule has 28 heavy (non-hydrogen) atoms. The molecule has 1 aliphatic heterocycles. The predicted octanol–water partition coefficient (Wildman–Crippen LogP) is 3.77.